The van der Waals surface area contributed by atoms with Gasteiger partial charge in [-0.25, -0.2) is 0 Å². The zero-order valence-corrected chi connectivity index (χ0v) is 11.7. The van der Waals surface area contributed by atoms with Crippen molar-refractivity contribution in [1.82, 2.24) is 0 Å². The molecule has 1 nitrogen and oxygen atoms in total. The summed E-state index contributed by atoms with van der Waals surface area (Å²) in [7, 11) is -1.53. The maximum absolute atomic E-state index is 12.3. The summed E-state index contributed by atoms with van der Waals surface area (Å²) in [5.74, 6) is 0. The van der Waals surface area contributed by atoms with E-state index in [1.807, 2.05) is 6.08 Å². The zero-order chi connectivity index (χ0) is 13.8. The molecule has 0 fully saturated rings. The first-order chi connectivity index (χ1) is 8.18. The van der Waals surface area contributed by atoms with Gasteiger partial charge in [0.2, 0.25) is 0 Å². The monoisotopic (exact) mass is 274 g/mol. The standard InChI is InChI=1S/C13H17F3OSi/c1-18(2,3)17-10-4-5-11-6-8-12(9-7-11)13(14,15)16/h4-9H,10H2,1-3H3/b5-4+. The molecule has 0 heterocycles. The Hall–Kier alpha value is -1.07. The van der Waals surface area contributed by atoms with Crippen LogP contribution in [-0.4, -0.2) is 14.9 Å². The van der Waals surface area contributed by atoms with Gasteiger partial charge < -0.3 is 4.43 Å². The second-order valence-corrected chi connectivity index (χ2v) is 9.46. The van der Waals surface area contributed by atoms with Crippen LogP contribution in [0.25, 0.3) is 6.08 Å². The van der Waals surface area contributed by atoms with E-state index in [1.54, 1.807) is 6.08 Å². The van der Waals surface area contributed by atoms with Crippen molar-refractivity contribution in [1.29, 1.82) is 0 Å². The molecule has 0 unspecified atom stereocenters. The molecule has 0 aliphatic carbocycles. The van der Waals surface area contributed by atoms with E-state index in [0.717, 1.165) is 17.7 Å². The fourth-order valence-electron chi connectivity index (χ4n) is 1.27. The van der Waals surface area contributed by atoms with Crippen molar-refractivity contribution >= 4 is 14.4 Å². The van der Waals surface area contributed by atoms with Crippen molar-refractivity contribution in [2.45, 2.75) is 25.8 Å². The molecule has 5 heteroatoms. The second-order valence-electron chi connectivity index (χ2n) is 4.95. The minimum atomic E-state index is -4.27. The third kappa shape index (κ3) is 5.51. The van der Waals surface area contributed by atoms with Gasteiger partial charge >= 0.3 is 6.18 Å². The molecule has 1 aromatic rings. The van der Waals surface area contributed by atoms with Gasteiger partial charge in [0.15, 0.2) is 8.32 Å². The molecule has 0 saturated carbocycles. The Morgan fingerprint density at radius 3 is 2.11 bits per heavy atom. The molecule has 0 aliphatic rings. The van der Waals surface area contributed by atoms with Crippen LogP contribution in [0.5, 0.6) is 0 Å². The van der Waals surface area contributed by atoms with Crippen LogP contribution >= 0.6 is 0 Å². The molecular formula is C13H17F3OSi. The fraction of sp³-hybridized carbons (Fsp3) is 0.385. The van der Waals surface area contributed by atoms with Crippen LogP contribution in [0.4, 0.5) is 13.2 Å². The normalized spacial score (nSPS) is 13.2. The van der Waals surface area contributed by atoms with E-state index in [0.29, 0.717) is 6.61 Å². The van der Waals surface area contributed by atoms with Gasteiger partial charge in [0.25, 0.3) is 0 Å². The number of benzene rings is 1. The number of alkyl halides is 3. The number of hydrogen-bond acceptors (Lipinski definition) is 1. The highest BCUT2D eigenvalue weighted by molar-refractivity contribution is 6.69. The third-order valence-corrected chi connectivity index (χ3v) is 3.19. The van der Waals surface area contributed by atoms with Crippen molar-refractivity contribution in [2.24, 2.45) is 0 Å². The van der Waals surface area contributed by atoms with Crippen molar-refractivity contribution in [3.05, 3.63) is 41.5 Å². The van der Waals surface area contributed by atoms with E-state index in [2.05, 4.69) is 19.6 Å². The predicted octanol–water partition coefficient (Wildman–Crippen LogP) is 4.57. The summed E-state index contributed by atoms with van der Waals surface area (Å²) in [6.45, 7) is 6.74. The predicted molar refractivity (Wildman–Crippen MR) is 69.8 cm³/mol. The lowest BCUT2D eigenvalue weighted by molar-refractivity contribution is -0.137. The smallest absolute Gasteiger partial charge is 0.414 e. The molecule has 0 amide bonds. The first kappa shape index (κ1) is 15.0. The number of rotatable bonds is 4. The van der Waals surface area contributed by atoms with Crippen molar-refractivity contribution < 1.29 is 17.6 Å². The van der Waals surface area contributed by atoms with Crippen molar-refractivity contribution in [2.75, 3.05) is 6.61 Å². The number of hydrogen-bond donors (Lipinski definition) is 0. The fourth-order valence-corrected chi connectivity index (χ4v) is 1.86. The summed E-state index contributed by atoms with van der Waals surface area (Å²) in [5, 5.41) is 0. The molecular weight excluding hydrogens is 257 g/mol. The Morgan fingerprint density at radius 2 is 1.67 bits per heavy atom. The summed E-state index contributed by atoms with van der Waals surface area (Å²) >= 11 is 0. The van der Waals surface area contributed by atoms with Gasteiger partial charge in [-0.1, -0.05) is 24.3 Å². The zero-order valence-electron chi connectivity index (χ0n) is 10.7. The molecule has 100 valence electrons. The molecule has 0 aliphatic heterocycles. The maximum Gasteiger partial charge on any atom is 0.416 e. The van der Waals surface area contributed by atoms with Crippen LogP contribution in [0.2, 0.25) is 19.6 Å². The van der Waals surface area contributed by atoms with E-state index in [1.165, 1.54) is 12.1 Å². The molecule has 0 N–H and O–H groups in total. The highest BCUT2D eigenvalue weighted by Crippen LogP contribution is 2.29. The first-order valence-corrected chi connectivity index (χ1v) is 9.07. The summed E-state index contributed by atoms with van der Waals surface area (Å²) in [6.07, 6.45) is -0.690. The summed E-state index contributed by atoms with van der Waals surface area (Å²) in [5.41, 5.74) is 0.111. The molecule has 18 heavy (non-hydrogen) atoms. The Bertz CT molecular complexity index is 402. The Kier molecular flexibility index (Phi) is 4.75. The second kappa shape index (κ2) is 5.71. The van der Waals surface area contributed by atoms with Crippen LogP contribution < -0.4 is 0 Å². The van der Waals surface area contributed by atoms with Gasteiger partial charge in [-0.2, -0.15) is 13.2 Å². The first-order valence-electron chi connectivity index (χ1n) is 5.66. The van der Waals surface area contributed by atoms with Gasteiger partial charge in [0.1, 0.15) is 0 Å². The minimum absolute atomic E-state index is 0.497. The molecule has 0 bridgehead atoms. The van der Waals surface area contributed by atoms with E-state index < -0.39 is 20.1 Å². The van der Waals surface area contributed by atoms with Crippen LogP contribution in [0.1, 0.15) is 11.1 Å². The lowest BCUT2D eigenvalue weighted by atomic mass is 10.1. The van der Waals surface area contributed by atoms with Crippen molar-refractivity contribution in [3.8, 4) is 0 Å². The Labute approximate surface area is 106 Å². The topological polar surface area (TPSA) is 9.23 Å². The van der Waals surface area contributed by atoms with Gasteiger partial charge in [-0.15, -0.1) is 0 Å². The number of halogens is 3. The molecule has 0 spiro atoms. The van der Waals surface area contributed by atoms with Crippen LogP contribution in [0.3, 0.4) is 0 Å². The molecule has 0 radical (unpaired) electrons. The quantitative estimate of drug-likeness (QED) is 0.731. The van der Waals surface area contributed by atoms with Gasteiger partial charge in [0.05, 0.1) is 12.2 Å². The lowest BCUT2D eigenvalue weighted by Gasteiger charge is -2.14. The van der Waals surface area contributed by atoms with E-state index in [4.69, 9.17) is 4.43 Å². The molecule has 1 aromatic carbocycles. The minimum Gasteiger partial charge on any atom is -0.414 e. The third-order valence-electron chi connectivity index (χ3n) is 2.16. The largest absolute Gasteiger partial charge is 0.416 e. The highest BCUT2D eigenvalue weighted by Gasteiger charge is 2.29. The Balaban J connectivity index is 2.57. The van der Waals surface area contributed by atoms with Crippen LogP contribution in [0.15, 0.2) is 30.3 Å². The van der Waals surface area contributed by atoms with E-state index in [-0.39, 0.29) is 0 Å². The van der Waals surface area contributed by atoms with Gasteiger partial charge in [-0.3, -0.25) is 0 Å². The summed E-state index contributed by atoms with van der Waals surface area (Å²) in [6, 6.07) is 5.07. The summed E-state index contributed by atoms with van der Waals surface area (Å²) < 4.78 is 42.6. The van der Waals surface area contributed by atoms with E-state index >= 15 is 0 Å². The van der Waals surface area contributed by atoms with Gasteiger partial charge in [-0.05, 0) is 37.3 Å². The lowest BCUT2D eigenvalue weighted by Crippen LogP contribution is -2.25. The summed E-state index contributed by atoms with van der Waals surface area (Å²) in [4.78, 5) is 0. The SMILES string of the molecule is C[Si](C)(C)OC/C=C/c1ccc(C(F)(F)F)cc1. The average molecular weight is 274 g/mol. The maximum atomic E-state index is 12.3. The van der Waals surface area contributed by atoms with Crippen LogP contribution in [-0.2, 0) is 10.6 Å². The van der Waals surface area contributed by atoms with Crippen molar-refractivity contribution in [3.63, 3.8) is 0 Å². The molecule has 0 atom stereocenters. The molecule has 1 rings (SSSR count). The average Bonchev–Trinajstić information content (AvgIpc) is 2.22. The molecule has 0 saturated heterocycles. The van der Waals surface area contributed by atoms with Gasteiger partial charge in [0, 0.05) is 0 Å². The van der Waals surface area contributed by atoms with E-state index in [9.17, 15) is 13.2 Å². The van der Waals surface area contributed by atoms with Crippen LogP contribution in [0, 0.1) is 0 Å². The highest BCUT2D eigenvalue weighted by atomic mass is 28.4. The molecule has 0 aromatic heterocycles. The Morgan fingerprint density at radius 1 is 1.11 bits per heavy atom.